The molecule has 5 aromatic carbocycles. The van der Waals surface area contributed by atoms with Gasteiger partial charge in [0.15, 0.2) is 0 Å². The second-order valence-electron chi connectivity index (χ2n) is 11.7. The van der Waals surface area contributed by atoms with Crippen LogP contribution in [0.15, 0.2) is 138 Å². The van der Waals surface area contributed by atoms with Gasteiger partial charge in [-0.3, -0.25) is 0 Å². The standard InChI is InChI=1S/C39H30N2/c1-39(2)33-24-30(20-21-31(33)32-22-28-12-6-7-13-29(28)23-34(32)39)38-37(40-35-14-8-9-15-36(35)41-38)27-18-16-26(17-19-27)25-10-4-3-5-11-25/h3-24,36,41H,1-2H3. The highest BCUT2D eigenvalue weighted by atomic mass is 15.0. The molecule has 196 valence electrons. The molecule has 0 spiro atoms. The van der Waals surface area contributed by atoms with E-state index < -0.39 is 0 Å². The van der Waals surface area contributed by atoms with Crippen molar-refractivity contribution >= 4 is 27.9 Å². The van der Waals surface area contributed by atoms with Gasteiger partial charge in [-0.15, -0.1) is 0 Å². The van der Waals surface area contributed by atoms with Crippen LogP contribution in [-0.2, 0) is 5.41 Å². The van der Waals surface area contributed by atoms with Gasteiger partial charge in [0.25, 0.3) is 0 Å². The number of nitrogens with one attached hydrogen (secondary N) is 1. The van der Waals surface area contributed by atoms with E-state index in [2.05, 4.69) is 153 Å². The Morgan fingerprint density at radius 1 is 0.610 bits per heavy atom. The molecule has 3 aliphatic rings. The highest BCUT2D eigenvalue weighted by molar-refractivity contribution is 6.10. The Labute approximate surface area is 241 Å². The van der Waals surface area contributed by atoms with Crippen LogP contribution < -0.4 is 5.32 Å². The fourth-order valence-electron chi connectivity index (χ4n) is 6.63. The average molecular weight is 527 g/mol. The molecule has 2 heteroatoms. The van der Waals surface area contributed by atoms with Crippen LogP contribution in [0.1, 0.15) is 36.1 Å². The van der Waals surface area contributed by atoms with Crippen LogP contribution >= 0.6 is 0 Å². The van der Waals surface area contributed by atoms with Gasteiger partial charge in [0.05, 0.1) is 23.1 Å². The van der Waals surface area contributed by atoms with Crippen LogP contribution in [0.4, 0.5) is 0 Å². The molecule has 0 radical (unpaired) electrons. The van der Waals surface area contributed by atoms with E-state index in [9.17, 15) is 0 Å². The molecule has 1 aliphatic heterocycles. The molecule has 1 atom stereocenters. The first-order chi connectivity index (χ1) is 20.1. The van der Waals surface area contributed by atoms with Crippen LogP contribution in [0, 0.1) is 0 Å². The van der Waals surface area contributed by atoms with E-state index in [1.807, 2.05) is 0 Å². The summed E-state index contributed by atoms with van der Waals surface area (Å²) in [6, 6.07) is 39.8. The third-order valence-corrected chi connectivity index (χ3v) is 8.87. The molecule has 5 aromatic rings. The Kier molecular flexibility index (Phi) is 5.27. The van der Waals surface area contributed by atoms with Gasteiger partial charge in [-0.05, 0) is 68.4 Å². The first-order valence-corrected chi connectivity index (χ1v) is 14.3. The third-order valence-electron chi connectivity index (χ3n) is 8.87. The molecule has 8 rings (SSSR count). The number of rotatable bonds is 3. The molecular weight excluding hydrogens is 496 g/mol. The normalized spacial score (nSPS) is 18.0. The zero-order valence-corrected chi connectivity index (χ0v) is 23.2. The summed E-state index contributed by atoms with van der Waals surface area (Å²) in [5, 5.41) is 6.43. The van der Waals surface area contributed by atoms with Gasteiger partial charge in [-0.25, -0.2) is 4.99 Å². The van der Waals surface area contributed by atoms with Crippen molar-refractivity contribution < 1.29 is 0 Å². The molecule has 0 fully saturated rings. The number of benzene rings is 5. The lowest BCUT2D eigenvalue weighted by atomic mass is 9.81. The number of aliphatic imine (C=N–C) groups is 1. The molecule has 0 saturated heterocycles. The minimum atomic E-state index is -0.0979. The first kappa shape index (κ1) is 23.9. The Bertz CT molecular complexity index is 1970. The predicted octanol–water partition coefficient (Wildman–Crippen LogP) is 9.18. The monoisotopic (exact) mass is 526 g/mol. The van der Waals surface area contributed by atoms with Crippen LogP contribution in [0.5, 0.6) is 0 Å². The fourth-order valence-corrected chi connectivity index (χ4v) is 6.63. The molecule has 1 N–H and O–H groups in total. The van der Waals surface area contributed by atoms with Crippen LogP contribution in [0.25, 0.3) is 44.4 Å². The van der Waals surface area contributed by atoms with Crippen molar-refractivity contribution in [2.24, 2.45) is 4.99 Å². The van der Waals surface area contributed by atoms with Gasteiger partial charge in [-0.2, -0.15) is 0 Å². The summed E-state index contributed by atoms with van der Waals surface area (Å²) in [7, 11) is 0. The van der Waals surface area contributed by atoms with Gasteiger partial charge in [0.1, 0.15) is 0 Å². The Morgan fingerprint density at radius 2 is 1.27 bits per heavy atom. The van der Waals surface area contributed by atoms with Crippen molar-refractivity contribution in [2.45, 2.75) is 25.3 Å². The Morgan fingerprint density at radius 3 is 2.07 bits per heavy atom. The van der Waals surface area contributed by atoms with Crippen molar-refractivity contribution in [3.8, 4) is 22.3 Å². The zero-order valence-electron chi connectivity index (χ0n) is 23.2. The summed E-state index contributed by atoms with van der Waals surface area (Å²) in [4.78, 5) is 5.24. The number of fused-ring (bicyclic) bond motifs is 5. The summed E-state index contributed by atoms with van der Waals surface area (Å²) in [6.45, 7) is 4.71. The lowest BCUT2D eigenvalue weighted by Crippen LogP contribution is -2.37. The summed E-state index contributed by atoms with van der Waals surface area (Å²) in [5.41, 5.74) is 13.1. The van der Waals surface area contributed by atoms with Gasteiger partial charge >= 0.3 is 0 Å². The van der Waals surface area contributed by atoms with Gasteiger partial charge < -0.3 is 5.32 Å². The van der Waals surface area contributed by atoms with E-state index in [-0.39, 0.29) is 11.5 Å². The SMILES string of the molecule is CC1(C)c2cc(C3=C(c4ccc(-c5ccccc5)cc4)N=C4C=CC=CC4N3)ccc2-c2cc3ccccc3cc21. The van der Waals surface area contributed by atoms with Crippen molar-refractivity contribution in [1.29, 1.82) is 0 Å². The number of hydrogen-bond acceptors (Lipinski definition) is 2. The van der Waals surface area contributed by atoms with Crippen molar-refractivity contribution in [3.63, 3.8) is 0 Å². The maximum Gasteiger partial charge on any atom is 0.0944 e. The minimum Gasteiger partial charge on any atom is -0.371 e. The fraction of sp³-hybridized carbons (Fsp3) is 0.103. The minimum absolute atomic E-state index is 0.0612. The molecule has 0 aromatic heterocycles. The molecule has 0 saturated carbocycles. The van der Waals surface area contributed by atoms with E-state index in [0.717, 1.165) is 22.7 Å². The highest BCUT2D eigenvalue weighted by Crippen LogP contribution is 2.50. The molecule has 1 heterocycles. The largest absolute Gasteiger partial charge is 0.371 e. The number of hydrogen-bond donors (Lipinski definition) is 1. The summed E-state index contributed by atoms with van der Waals surface area (Å²) >= 11 is 0. The van der Waals surface area contributed by atoms with Crippen LogP contribution in [0.2, 0.25) is 0 Å². The summed E-state index contributed by atoms with van der Waals surface area (Å²) in [6.07, 6.45) is 8.46. The Hall–Kier alpha value is -4.95. The van der Waals surface area contributed by atoms with Crippen molar-refractivity contribution in [1.82, 2.24) is 5.32 Å². The third kappa shape index (κ3) is 3.82. The second kappa shape index (κ2) is 9.04. The molecular formula is C39H30N2. The molecule has 0 amide bonds. The Balaban J connectivity index is 1.27. The first-order valence-electron chi connectivity index (χ1n) is 14.3. The highest BCUT2D eigenvalue weighted by Gasteiger charge is 2.36. The van der Waals surface area contributed by atoms with Crippen molar-refractivity contribution in [3.05, 3.63) is 156 Å². The molecule has 2 aliphatic carbocycles. The van der Waals surface area contributed by atoms with Gasteiger partial charge in [0, 0.05) is 16.5 Å². The van der Waals surface area contributed by atoms with Gasteiger partial charge in [0.2, 0.25) is 0 Å². The average Bonchev–Trinajstić information content (AvgIpc) is 3.25. The van der Waals surface area contributed by atoms with Gasteiger partial charge in [-0.1, -0.05) is 123 Å². The molecule has 41 heavy (non-hydrogen) atoms. The van der Waals surface area contributed by atoms with E-state index >= 15 is 0 Å². The van der Waals surface area contributed by atoms with Crippen molar-refractivity contribution in [2.75, 3.05) is 0 Å². The lowest BCUT2D eigenvalue weighted by molar-refractivity contribution is 0.661. The topological polar surface area (TPSA) is 24.4 Å². The molecule has 0 bridgehead atoms. The zero-order chi connectivity index (χ0) is 27.6. The van der Waals surface area contributed by atoms with E-state index in [1.54, 1.807) is 0 Å². The maximum atomic E-state index is 5.24. The molecule has 1 unspecified atom stereocenters. The summed E-state index contributed by atoms with van der Waals surface area (Å²) < 4.78 is 0. The van der Waals surface area contributed by atoms with E-state index in [4.69, 9.17) is 4.99 Å². The smallest absolute Gasteiger partial charge is 0.0944 e. The maximum absolute atomic E-state index is 5.24. The number of nitrogens with zero attached hydrogens (tertiary/aromatic N) is 1. The van der Waals surface area contributed by atoms with Crippen LogP contribution in [-0.4, -0.2) is 11.8 Å². The molecule has 2 nitrogen and oxygen atoms in total. The second-order valence-corrected chi connectivity index (χ2v) is 11.7. The number of allylic oxidation sites excluding steroid dienone is 2. The van der Waals surface area contributed by atoms with Crippen LogP contribution in [0.3, 0.4) is 0 Å². The quantitative estimate of drug-likeness (QED) is 0.249. The van der Waals surface area contributed by atoms with E-state index in [0.29, 0.717) is 0 Å². The summed E-state index contributed by atoms with van der Waals surface area (Å²) in [5.74, 6) is 0. The lowest BCUT2D eigenvalue weighted by Gasteiger charge is -2.29. The predicted molar refractivity (Wildman–Crippen MR) is 173 cm³/mol. The van der Waals surface area contributed by atoms with E-state index in [1.165, 1.54) is 49.7 Å².